The SMILES string of the molecule is CCO[C@@H]1C[C@@H](N(C)C(=O)CNC(=O)C2CC2)C12CCCC2. The molecule has 0 aromatic rings. The summed E-state index contributed by atoms with van der Waals surface area (Å²) in [5.41, 5.74) is 0.168. The highest BCUT2D eigenvalue weighted by atomic mass is 16.5. The van der Waals surface area contributed by atoms with Crippen LogP contribution in [0, 0.1) is 11.3 Å². The molecule has 3 rings (SSSR count). The monoisotopic (exact) mass is 308 g/mol. The Morgan fingerprint density at radius 1 is 1.27 bits per heavy atom. The summed E-state index contributed by atoms with van der Waals surface area (Å²) in [6.07, 6.45) is 7.98. The van der Waals surface area contributed by atoms with Crippen LogP contribution in [0.1, 0.15) is 51.9 Å². The zero-order valence-corrected chi connectivity index (χ0v) is 13.8. The van der Waals surface area contributed by atoms with E-state index in [1.54, 1.807) is 0 Å². The molecule has 3 saturated carbocycles. The van der Waals surface area contributed by atoms with Crippen LogP contribution in [0.2, 0.25) is 0 Å². The standard InChI is InChI=1S/C17H28N2O3/c1-3-22-14-10-13(17(14)8-4-5-9-17)19(2)15(20)11-18-16(21)12-6-7-12/h12-14H,3-11H2,1-2H3,(H,18,21)/t13-,14-/m1/s1. The maximum Gasteiger partial charge on any atom is 0.241 e. The number of hydrogen-bond acceptors (Lipinski definition) is 3. The number of nitrogens with one attached hydrogen (secondary N) is 1. The molecule has 2 amide bonds. The summed E-state index contributed by atoms with van der Waals surface area (Å²) in [6.45, 7) is 2.92. The lowest BCUT2D eigenvalue weighted by molar-refractivity contribution is -0.172. The molecular weight excluding hydrogens is 280 g/mol. The van der Waals surface area contributed by atoms with Crippen molar-refractivity contribution < 1.29 is 14.3 Å². The van der Waals surface area contributed by atoms with Gasteiger partial charge in [-0.15, -0.1) is 0 Å². The minimum atomic E-state index is 0.0280. The Bertz CT molecular complexity index is 441. The molecule has 0 bridgehead atoms. The molecular formula is C17H28N2O3. The van der Waals surface area contributed by atoms with E-state index in [-0.39, 0.29) is 35.7 Å². The van der Waals surface area contributed by atoms with Crippen LogP contribution in [-0.4, -0.2) is 49.1 Å². The van der Waals surface area contributed by atoms with Gasteiger partial charge in [-0.1, -0.05) is 12.8 Å². The van der Waals surface area contributed by atoms with Crippen molar-refractivity contribution in [1.82, 2.24) is 10.2 Å². The molecule has 0 radical (unpaired) electrons. The number of ether oxygens (including phenoxy) is 1. The fourth-order valence-corrected chi connectivity index (χ4v) is 4.34. The van der Waals surface area contributed by atoms with E-state index in [9.17, 15) is 9.59 Å². The van der Waals surface area contributed by atoms with Crippen molar-refractivity contribution in [2.75, 3.05) is 20.2 Å². The first-order valence-electron chi connectivity index (χ1n) is 8.73. The fraction of sp³-hybridized carbons (Fsp3) is 0.882. The third kappa shape index (κ3) is 2.75. The molecule has 0 unspecified atom stereocenters. The van der Waals surface area contributed by atoms with Gasteiger partial charge in [-0.05, 0) is 39.0 Å². The van der Waals surface area contributed by atoms with Crippen molar-refractivity contribution in [3.8, 4) is 0 Å². The van der Waals surface area contributed by atoms with Crippen LogP contribution in [-0.2, 0) is 14.3 Å². The van der Waals surface area contributed by atoms with Gasteiger partial charge < -0.3 is 15.0 Å². The highest BCUT2D eigenvalue weighted by Gasteiger charge is 2.58. The minimum Gasteiger partial charge on any atom is -0.378 e. The zero-order chi connectivity index (χ0) is 15.7. The number of rotatable bonds is 6. The molecule has 3 aliphatic rings. The van der Waals surface area contributed by atoms with Crippen LogP contribution in [0.15, 0.2) is 0 Å². The Kier molecular flexibility index (Phi) is 4.44. The Labute approximate surface area is 132 Å². The molecule has 0 aromatic carbocycles. The molecule has 0 saturated heterocycles. The number of amides is 2. The summed E-state index contributed by atoms with van der Waals surface area (Å²) in [6, 6.07) is 0.275. The summed E-state index contributed by atoms with van der Waals surface area (Å²) < 4.78 is 5.91. The summed E-state index contributed by atoms with van der Waals surface area (Å²) in [5, 5.41) is 2.78. The molecule has 2 atom stereocenters. The maximum absolute atomic E-state index is 12.4. The number of carbonyl (C=O) groups is 2. The largest absolute Gasteiger partial charge is 0.378 e. The lowest BCUT2D eigenvalue weighted by Crippen LogP contribution is -2.64. The van der Waals surface area contributed by atoms with Gasteiger partial charge in [0.2, 0.25) is 11.8 Å². The lowest BCUT2D eigenvalue weighted by atomic mass is 9.60. The van der Waals surface area contributed by atoms with Crippen molar-refractivity contribution in [2.45, 2.75) is 64.0 Å². The average molecular weight is 308 g/mol. The van der Waals surface area contributed by atoms with E-state index in [2.05, 4.69) is 5.32 Å². The third-order valence-electron chi connectivity index (χ3n) is 5.87. The summed E-state index contributed by atoms with van der Waals surface area (Å²) in [4.78, 5) is 25.9. The van der Waals surface area contributed by atoms with Gasteiger partial charge in [0.25, 0.3) is 0 Å². The van der Waals surface area contributed by atoms with E-state index in [1.165, 1.54) is 12.8 Å². The quantitative estimate of drug-likeness (QED) is 0.812. The third-order valence-corrected chi connectivity index (χ3v) is 5.87. The van der Waals surface area contributed by atoms with Crippen molar-refractivity contribution >= 4 is 11.8 Å². The number of hydrogen-bond donors (Lipinski definition) is 1. The van der Waals surface area contributed by atoms with Crippen LogP contribution in [0.25, 0.3) is 0 Å². The minimum absolute atomic E-state index is 0.0280. The van der Waals surface area contributed by atoms with Crippen LogP contribution in [0.4, 0.5) is 0 Å². The van der Waals surface area contributed by atoms with Crippen LogP contribution >= 0.6 is 0 Å². The van der Waals surface area contributed by atoms with E-state index >= 15 is 0 Å². The Balaban J connectivity index is 1.55. The second-order valence-electron chi connectivity index (χ2n) is 7.13. The van der Waals surface area contributed by atoms with Gasteiger partial charge in [-0.2, -0.15) is 0 Å². The summed E-state index contributed by atoms with van der Waals surface area (Å²) >= 11 is 0. The van der Waals surface area contributed by atoms with Gasteiger partial charge in [0.1, 0.15) is 0 Å². The molecule has 22 heavy (non-hydrogen) atoms. The van der Waals surface area contributed by atoms with Gasteiger partial charge in [-0.3, -0.25) is 9.59 Å². The van der Waals surface area contributed by atoms with Gasteiger partial charge >= 0.3 is 0 Å². The topological polar surface area (TPSA) is 58.6 Å². The van der Waals surface area contributed by atoms with Crippen LogP contribution in [0.3, 0.4) is 0 Å². The molecule has 5 heteroatoms. The number of carbonyl (C=O) groups excluding carboxylic acids is 2. The molecule has 1 N–H and O–H groups in total. The van der Waals surface area contributed by atoms with Crippen molar-refractivity contribution in [3.05, 3.63) is 0 Å². The van der Waals surface area contributed by atoms with Crippen LogP contribution in [0.5, 0.6) is 0 Å². The highest BCUT2D eigenvalue weighted by molar-refractivity contribution is 5.87. The Morgan fingerprint density at radius 3 is 2.55 bits per heavy atom. The van der Waals surface area contributed by atoms with E-state index in [1.807, 2.05) is 18.9 Å². The molecule has 1 spiro atoms. The average Bonchev–Trinajstić information content (AvgIpc) is 3.23. The maximum atomic E-state index is 12.4. The van der Waals surface area contributed by atoms with Crippen LogP contribution < -0.4 is 5.32 Å². The van der Waals surface area contributed by atoms with Gasteiger partial charge in [-0.25, -0.2) is 0 Å². The zero-order valence-electron chi connectivity index (χ0n) is 13.8. The smallest absolute Gasteiger partial charge is 0.241 e. The van der Waals surface area contributed by atoms with E-state index < -0.39 is 0 Å². The highest BCUT2D eigenvalue weighted by Crippen LogP contribution is 2.56. The summed E-state index contributed by atoms with van der Waals surface area (Å²) in [7, 11) is 1.89. The predicted molar refractivity (Wildman–Crippen MR) is 83.2 cm³/mol. The first kappa shape index (κ1) is 15.8. The van der Waals surface area contributed by atoms with E-state index in [4.69, 9.17) is 4.74 Å². The first-order chi connectivity index (χ1) is 10.6. The van der Waals surface area contributed by atoms with Crippen molar-refractivity contribution in [3.63, 3.8) is 0 Å². The fourth-order valence-electron chi connectivity index (χ4n) is 4.34. The normalized spacial score (nSPS) is 29.2. The van der Waals surface area contributed by atoms with E-state index in [0.717, 1.165) is 38.7 Å². The van der Waals surface area contributed by atoms with Gasteiger partial charge in [0, 0.05) is 31.0 Å². The van der Waals surface area contributed by atoms with Gasteiger partial charge in [0.05, 0.1) is 12.6 Å². The number of nitrogens with zero attached hydrogens (tertiary/aromatic N) is 1. The Morgan fingerprint density at radius 2 is 1.95 bits per heavy atom. The molecule has 0 heterocycles. The van der Waals surface area contributed by atoms with Crippen molar-refractivity contribution in [2.24, 2.45) is 11.3 Å². The van der Waals surface area contributed by atoms with E-state index in [0.29, 0.717) is 6.10 Å². The predicted octanol–water partition coefficient (Wildman–Crippen LogP) is 1.71. The molecule has 3 aliphatic carbocycles. The summed E-state index contributed by atoms with van der Waals surface area (Å²) in [5.74, 6) is 0.226. The number of likely N-dealkylation sites (N-methyl/N-ethyl adjacent to an activating group) is 1. The Hall–Kier alpha value is -1.10. The second-order valence-corrected chi connectivity index (χ2v) is 7.13. The second kappa shape index (κ2) is 6.19. The van der Waals surface area contributed by atoms with Gasteiger partial charge in [0.15, 0.2) is 0 Å². The van der Waals surface area contributed by atoms with Crippen molar-refractivity contribution in [1.29, 1.82) is 0 Å². The molecule has 3 fully saturated rings. The first-order valence-corrected chi connectivity index (χ1v) is 8.73. The molecule has 124 valence electrons. The molecule has 5 nitrogen and oxygen atoms in total. The molecule has 0 aliphatic heterocycles. The molecule has 0 aromatic heterocycles. The lowest BCUT2D eigenvalue weighted by Gasteiger charge is -2.57.